The minimum Gasteiger partial charge on any atom is -0.497 e. The number of nitrogens with one attached hydrogen (secondary N) is 1. The Morgan fingerprint density at radius 2 is 2.00 bits per heavy atom. The maximum absolute atomic E-state index is 5.17. The Labute approximate surface area is 117 Å². The van der Waals surface area contributed by atoms with Crippen LogP contribution in [0.4, 0.5) is 0 Å². The van der Waals surface area contributed by atoms with Crippen LogP contribution >= 0.6 is 0 Å². The van der Waals surface area contributed by atoms with Crippen molar-refractivity contribution in [2.24, 2.45) is 11.8 Å². The summed E-state index contributed by atoms with van der Waals surface area (Å²) >= 11 is 0. The quantitative estimate of drug-likeness (QED) is 0.789. The minimum atomic E-state index is 0.902. The molecule has 1 fully saturated rings. The second-order valence-corrected chi connectivity index (χ2v) is 5.94. The van der Waals surface area contributed by atoms with Gasteiger partial charge >= 0.3 is 0 Å². The van der Waals surface area contributed by atoms with Gasteiger partial charge in [-0.05, 0) is 61.9 Å². The summed E-state index contributed by atoms with van der Waals surface area (Å²) < 4.78 is 5.17. The first kappa shape index (κ1) is 14.4. The molecular weight excluding hydrogens is 234 g/mol. The topological polar surface area (TPSA) is 21.3 Å². The lowest BCUT2D eigenvalue weighted by atomic mass is 9.82. The molecule has 0 spiro atoms. The van der Waals surface area contributed by atoms with E-state index in [4.69, 9.17) is 4.74 Å². The van der Waals surface area contributed by atoms with Crippen molar-refractivity contribution in [3.63, 3.8) is 0 Å². The van der Waals surface area contributed by atoms with Gasteiger partial charge in [-0.2, -0.15) is 0 Å². The Morgan fingerprint density at radius 1 is 1.21 bits per heavy atom. The Bertz CT molecular complexity index is 360. The van der Waals surface area contributed by atoms with Gasteiger partial charge in [0.25, 0.3) is 0 Å². The lowest BCUT2D eigenvalue weighted by Crippen LogP contribution is -2.28. The van der Waals surface area contributed by atoms with Crippen molar-refractivity contribution < 1.29 is 4.74 Å². The van der Waals surface area contributed by atoms with Crippen LogP contribution in [-0.2, 0) is 6.42 Å². The molecule has 19 heavy (non-hydrogen) atoms. The largest absolute Gasteiger partial charge is 0.497 e. The summed E-state index contributed by atoms with van der Waals surface area (Å²) in [6.45, 7) is 4.67. The number of hydrogen-bond donors (Lipinski definition) is 1. The summed E-state index contributed by atoms with van der Waals surface area (Å²) in [5, 5.41) is 3.62. The molecule has 1 aromatic rings. The van der Waals surface area contributed by atoms with Gasteiger partial charge in [0.05, 0.1) is 7.11 Å². The summed E-state index contributed by atoms with van der Waals surface area (Å²) in [5.41, 5.74) is 1.38. The molecule has 0 heterocycles. The van der Waals surface area contributed by atoms with E-state index in [-0.39, 0.29) is 0 Å². The molecule has 0 saturated heterocycles. The predicted molar refractivity (Wildman–Crippen MR) is 80.7 cm³/mol. The van der Waals surface area contributed by atoms with Crippen LogP contribution in [0.5, 0.6) is 5.75 Å². The molecule has 1 saturated carbocycles. The smallest absolute Gasteiger partial charge is 0.118 e. The normalized spacial score (nSPS) is 23.3. The van der Waals surface area contributed by atoms with Crippen LogP contribution in [0.2, 0.25) is 0 Å². The van der Waals surface area contributed by atoms with Crippen molar-refractivity contribution in [2.75, 3.05) is 20.2 Å². The molecule has 1 N–H and O–H groups in total. The van der Waals surface area contributed by atoms with Gasteiger partial charge in [0.15, 0.2) is 0 Å². The number of hydrogen-bond acceptors (Lipinski definition) is 2. The SMILES string of the molecule is COc1ccc(CCNCC2CCCC(C)C2)cc1. The molecule has 0 aromatic heterocycles. The van der Waals surface area contributed by atoms with Crippen LogP contribution in [0, 0.1) is 11.8 Å². The summed E-state index contributed by atoms with van der Waals surface area (Å²) in [4.78, 5) is 0. The Kier molecular flexibility index (Phi) is 5.71. The minimum absolute atomic E-state index is 0.902. The Morgan fingerprint density at radius 3 is 2.68 bits per heavy atom. The molecule has 1 aliphatic carbocycles. The molecule has 2 rings (SSSR count). The van der Waals surface area contributed by atoms with Crippen molar-refractivity contribution in [1.29, 1.82) is 0 Å². The second-order valence-electron chi connectivity index (χ2n) is 5.94. The molecular formula is C17H27NO. The van der Waals surface area contributed by atoms with Gasteiger partial charge in [0, 0.05) is 0 Å². The van der Waals surface area contributed by atoms with Crippen LogP contribution in [0.1, 0.15) is 38.2 Å². The standard InChI is InChI=1S/C17H27NO/c1-14-4-3-5-16(12-14)13-18-11-10-15-6-8-17(19-2)9-7-15/h6-9,14,16,18H,3-5,10-13H2,1-2H3. The van der Waals surface area contributed by atoms with Crippen molar-refractivity contribution in [2.45, 2.75) is 39.0 Å². The first-order valence-electron chi connectivity index (χ1n) is 7.61. The van der Waals surface area contributed by atoms with Gasteiger partial charge in [-0.1, -0.05) is 31.9 Å². The van der Waals surface area contributed by atoms with E-state index < -0.39 is 0 Å². The Balaban J connectivity index is 1.63. The monoisotopic (exact) mass is 261 g/mol. The average Bonchev–Trinajstić information content (AvgIpc) is 2.44. The Hall–Kier alpha value is -1.02. The van der Waals surface area contributed by atoms with E-state index in [0.717, 1.165) is 30.6 Å². The second kappa shape index (κ2) is 7.54. The van der Waals surface area contributed by atoms with Gasteiger partial charge in [0.1, 0.15) is 5.75 Å². The zero-order valence-corrected chi connectivity index (χ0v) is 12.3. The number of rotatable bonds is 6. The maximum Gasteiger partial charge on any atom is 0.118 e. The van der Waals surface area contributed by atoms with Crippen LogP contribution in [0.15, 0.2) is 24.3 Å². The van der Waals surface area contributed by atoms with E-state index in [9.17, 15) is 0 Å². The highest BCUT2D eigenvalue weighted by Gasteiger charge is 2.17. The van der Waals surface area contributed by atoms with E-state index in [0.29, 0.717) is 0 Å². The average molecular weight is 261 g/mol. The molecule has 2 heteroatoms. The fraction of sp³-hybridized carbons (Fsp3) is 0.647. The van der Waals surface area contributed by atoms with E-state index in [1.165, 1.54) is 37.8 Å². The van der Waals surface area contributed by atoms with E-state index >= 15 is 0 Å². The van der Waals surface area contributed by atoms with E-state index in [1.54, 1.807) is 7.11 Å². The van der Waals surface area contributed by atoms with Crippen molar-refractivity contribution >= 4 is 0 Å². The lowest BCUT2D eigenvalue weighted by Gasteiger charge is -2.26. The number of ether oxygens (including phenoxy) is 1. The van der Waals surface area contributed by atoms with Crippen molar-refractivity contribution in [3.05, 3.63) is 29.8 Å². The number of benzene rings is 1. The molecule has 0 bridgehead atoms. The highest BCUT2D eigenvalue weighted by Crippen LogP contribution is 2.27. The molecule has 2 atom stereocenters. The van der Waals surface area contributed by atoms with Gasteiger partial charge in [0.2, 0.25) is 0 Å². The third kappa shape index (κ3) is 4.87. The fourth-order valence-corrected chi connectivity index (χ4v) is 3.08. The summed E-state index contributed by atoms with van der Waals surface area (Å²) in [6.07, 6.45) is 6.79. The van der Waals surface area contributed by atoms with Crippen LogP contribution in [-0.4, -0.2) is 20.2 Å². The van der Waals surface area contributed by atoms with Crippen molar-refractivity contribution in [1.82, 2.24) is 5.32 Å². The van der Waals surface area contributed by atoms with Gasteiger partial charge < -0.3 is 10.1 Å². The third-order valence-corrected chi connectivity index (χ3v) is 4.23. The molecule has 1 aliphatic rings. The zero-order valence-electron chi connectivity index (χ0n) is 12.3. The third-order valence-electron chi connectivity index (χ3n) is 4.23. The highest BCUT2D eigenvalue weighted by molar-refractivity contribution is 5.27. The summed E-state index contributed by atoms with van der Waals surface area (Å²) in [6, 6.07) is 8.39. The molecule has 2 nitrogen and oxygen atoms in total. The van der Waals surface area contributed by atoms with Gasteiger partial charge in [-0.15, -0.1) is 0 Å². The maximum atomic E-state index is 5.17. The van der Waals surface area contributed by atoms with Gasteiger partial charge in [-0.3, -0.25) is 0 Å². The van der Waals surface area contributed by atoms with Crippen LogP contribution < -0.4 is 10.1 Å². The fourth-order valence-electron chi connectivity index (χ4n) is 3.08. The van der Waals surface area contributed by atoms with Crippen molar-refractivity contribution in [3.8, 4) is 5.75 Å². The van der Waals surface area contributed by atoms with E-state index in [2.05, 4.69) is 24.4 Å². The van der Waals surface area contributed by atoms with Crippen LogP contribution in [0.25, 0.3) is 0 Å². The lowest BCUT2D eigenvalue weighted by molar-refractivity contribution is 0.275. The first-order chi connectivity index (χ1) is 9.28. The molecule has 2 unspecified atom stereocenters. The van der Waals surface area contributed by atoms with Crippen LogP contribution in [0.3, 0.4) is 0 Å². The predicted octanol–water partition coefficient (Wildman–Crippen LogP) is 3.65. The summed E-state index contributed by atoms with van der Waals surface area (Å²) in [5.74, 6) is 2.77. The number of methoxy groups -OCH3 is 1. The molecule has 0 aliphatic heterocycles. The van der Waals surface area contributed by atoms with E-state index in [1.807, 2.05) is 12.1 Å². The van der Waals surface area contributed by atoms with Gasteiger partial charge in [-0.25, -0.2) is 0 Å². The summed E-state index contributed by atoms with van der Waals surface area (Å²) in [7, 11) is 1.71. The highest BCUT2D eigenvalue weighted by atomic mass is 16.5. The molecule has 0 radical (unpaired) electrons. The first-order valence-corrected chi connectivity index (χ1v) is 7.61. The molecule has 1 aromatic carbocycles. The zero-order chi connectivity index (χ0) is 13.5. The molecule has 0 amide bonds. The molecule has 106 valence electrons.